The average Bonchev–Trinajstić information content (AvgIpc) is 1.62. The molecule has 0 aliphatic rings. The van der Waals surface area contributed by atoms with E-state index < -0.39 is 0 Å². The Morgan fingerprint density at radius 1 is 1.44 bits per heavy atom. The molecule has 0 saturated heterocycles. The van der Waals surface area contributed by atoms with Crippen molar-refractivity contribution >= 4 is 0 Å². The summed E-state index contributed by atoms with van der Waals surface area (Å²) >= 11 is 0. The summed E-state index contributed by atoms with van der Waals surface area (Å²) < 4.78 is 12.5. The number of rotatable bonds is 1. The monoisotopic (exact) mass is 130 g/mol. The van der Waals surface area contributed by atoms with Crippen molar-refractivity contribution in [2.45, 2.75) is 34.1 Å². The molecule has 0 unspecified atom stereocenters. The summed E-state index contributed by atoms with van der Waals surface area (Å²) in [6.45, 7) is 7.78. The first-order valence-electron chi connectivity index (χ1n) is 3.33. The molecule has 0 fully saturated rings. The number of hydrogen-bond acceptors (Lipinski definition) is 0. The zero-order valence-electron chi connectivity index (χ0n) is 6.66. The fraction of sp³-hybridized carbons (Fsp3) is 0.750. The minimum Gasteiger partial charge on any atom is -0.212 e. The van der Waals surface area contributed by atoms with Crippen molar-refractivity contribution in [2.75, 3.05) is 0 Å². The highest BCUT2D eigenvalue weighted by molar-refractivity contribution is 4.97. The first kappa shape index (κ1) is 8.67. The Labute approximate surface area is 56.8 Å². The predicted octanol–water partition coefficient (Wildman–Crippen LogP) is 3.30. The third kappa shape index (κ3) is 5.54. The van der Waals surface area contributed by atoms with Crippen LogP contribution in [0.4, 0.5) is 4.39 Å². The van der Waals surface area contributed by atoms with Crippen molar-refractivity contribution < 1.29 is 4.39 Å². The van der Waals surface area contributed by atoms with Gasteiger partial charge in [-0.1, -0.05) is 27.7 Å². The maximum absolute atomic E-state index is 12.5. The molecule has 0 aliphatic heterocycles. The first-order chi connectivity index (χ1) is 3.95. The third-order valence-electron chi connectivity index (χ3n) is 0.927. The van der Waals surface area contributed by atoms with Crippen LogP contribution in [0.1, 0.15) is 34.1 Å². The molecule has 9 heavy (non-hydrogen) atoms. The molecular formula is C8H15F. The molecule has 0 N–H and O–H groups in total. The lowest BCUT2D eigenvalue weighted by atomic mass is 9.96. The van der Waals surface area contributed by atoms with Gasteiger partial charge in [-0.2, -0.15) is 0 Å². The fourth-order valence-corrected chi connectivity index (χ4v) is 0.572. The van der Waals surface area contributed by atoms with E-state index in [9.17, 15) is 4.39 Å². The van der Waals surface area contributed by atoms with Gasteiger partial charge in [-0.05, 0) is 17.9 Å². The van der Waals surface area contributed by atoms with E-state index in [0.717, 1.165) is 0 Å². The van der Waals surface area contributed by atoms with Crippen molar-refractivity contribution in [2.24, 2.45) is 5.41 Å². The molecule has 0 heterocycles. The van der Waals surface area contributed by atoms with Crippen LogP contribution in [0.25, 0.3) is 0 Å². The molecule has 0 aliphatic carbocycles. The zero-order chi connectivity index (χ0) is 7.49. The smallest absolute Gasteiger partial charge is 0.0962 e. The van der Waals surface area contributed by atoms with Crippen LogP contribution in [0, 0.1) is 5.41 Å². The molecule has 0 aromatic heterocycles. The van der Waals surface area contributed by atoms with Gasteiger partial charge >= 0.3 is 0 Å². The Morgan fingerprint density at radius 2 is 1.89 bits per heavy atom. The van der Waals surface area contributed by atoms with Gasteiger partial charge < -0.3 is 0 Å². The van der Waals surface area contributed by atoms with Crippen molar-refractivity contribution in [1.29, 1.82) is 0 Å². The van der Waals surface area contributed by atoms with Crippen molar-refractivity contribution in [3.05, 3.63) is 11.9 Å². The van der Waals surface area contributed by atoms with Gasteiger partial charge in [-0.3, -0.25) is 0 Å². The number of hydrogen-bond donors (Lipinski definition) is 0. The van der Waals surface area contributed by atoms with Crippen molar-refractivity contribution in [1.82, 2.24) is 0 Å². The minimum atomic E-state index is -0.0138. The van der Waals surface area contributed by atoms with E-state index in [1.165, 1.54) is 0 Å². The van der Waals surface area contributed by atoms with Gasteiger partial charge in [0.25, 0.3) is 0 Å². The second-order valence-corrected chi connectivity index (χ2v) is 3.31. The molecule has 0 amide bonds. The average molecular weight is 130 g/mol. The van der Waals surface area contributed by atoms with Gasteiger partial charge in [-0.25, -0.2) is 4.39 Å². The summed E-state index contributed by atoms with van der Waals surface area (Å²) in [4.78, 5) is 0. The second-order valence-electron chi connectivity index (χ2n) is 3.31. The van der Waals surface area contributed by atoms with Crippen molar-refractivity contribution in [3.63, 3.8) is 0 Å². The Bertz CT molecular complexity index is 106. The van der Waals surface area contributed by atoms with Crippen LogP contribution in [0.2, 0.25) is 0 Å². The van der Waals surface area contributed by atoms with Crippen LogP contribution in [0.5, 0.6) is 0 Å². The van der Waals surface area contributed by atoms with Gasteiger partial charge in [0.2, 0.25) is 0 Å². The van der Waals surface area contributed by atoms with Gasteiger partial charge in [0.1, 0.15) is 0 Å². The molecule has 0 radical (unpaired) electrons. The molecule has 0 bridgehead atoms. The summed E-state index contributed by atoms with van der Waals surface area (Å²) in [7, 11) is 0. The van der Waals surface area contributed by atoms with Crippen LogP contribution in [0.15, 0.2) is 11.9 Å². The number of halogens is 1. The normalized spacial score (nSPS) is 14.1. The van der Waals surface area contributed by atoms with E-state index in [1.807, 2.05) is 27.7 Å². The maximum atomic E-state index is 12.5. The summed E-state index contributed by atoms with van der Waals surface area (Å²) in [5, 5.41) is 0. The highest BCUT2D eigenvalue weighted by atomic mass is 19.1. The lowest BCUT2D eigenvalue weighted by Crippen LogP contribution is -1.99. The van der Waals surface area contributed by atoms with Crippen LogP contribution < -0.4 is 0 Å². The predicted molar refractivity (Wildman–Crippen MR) is 38.9 cm³/mol. The minimum absolute atomic E-state index is 0.0116. The first-order valence-corrected chi connectivity index (χ1v) is 3.33. The Balaban J connectivity index is 3.95. The molecule has 0 aromatic rings. The van der Waals surface area contributed by atoms with E-state index in [4.69, 9.17) is 0 Å². The lowest BCUT2D eigenvalue weighted by molar-refractivity contribution is 0.502. The molecular weight excluding hydrogens is 115 g/mol. The molecule has 1 heteroatoms. The van der Waals surface area contributed by atoms with E-state index in [1.54, 1.807) is 6.08 Å². The summed E-state index contributed by atoms with van der Waals surface area (Å²) in [6, 6.07) is 0. The molecule has 54 valence electrons. The van der Waals surface area contributed by atoms with Gasteiger partial charge in [0.05, 0.1) is 5.83 Å². The van der Waals surface area contributed by atoms with E-state index in [-0.39, 0.29) is 11.2 Å². The number of allylic oxidation sites excluding steroid dienone is 2. The Morgan fingerprint density at radius 3 is 2.00 bits per heavy atom. The van der Waals surface area contributed by atoms with Crippen LogP contribution in [0.3, 0.4) is 0 Å². The second kappa shape index (κ2) is 3.00. The molecule has 0 saturated carbocycles. The SMILES string of the molecule is CC/C(F)=C\C(C)(C)C. The van der Waals surface area contributed by atoms with Crippen LogP contribution in [-0.2, 0) is 0 Å². The third-order valence-corrected chi connectivity index (χ3v) is 0.927. The van der Waals surface area contributed by atoms with Crippen molar-refractivity contribution in [3.8, 4) is 0 Å². The molecule has 0 atom stereocenters. The zero-order valence-corrected chi connectivity index (χ0v) is 6.66. The Kier molecular flexibility index (Phi) is 2.89. The standard InChI is InChI=1S/C8H15F/c1-5-7(9)6-8(2,3)4/h6H,5H2,1-4H3/b7-6+. The highest BCUT2D eigenvalue weighted by Crippen LogP contribution is 2.19. The Hall–Kier alpha value is -0.330. The van der Waals surface area contributed by atoms with Gasteiger partial charge in [0.15, 0.2) is 0 Å². The molecule has 0 nitrogen and oxygen atoms in total. The quantitative estimate of drug-likeness (QED) is 0.511. The van der Waals surface area contributed by atoms with Gasteiger partial charge in [-0.15, -0.1) is 0 Å². The largest absolute Gasteiger partial charge is 0.212 e. The van der Waals surface area contributed by atoms with E-state index in [2.05, 4.69) is 0 Å². The van der Waals surface area contributed by atoms with E-state index >= 15 is 0 Å². The van der Waals surface area contributed by atoms with Gasteiger partial charge in [0, 0.05) is 0 Å². The fourth-order valence-electron chi connectivity index (χ4n) is 0.572. The van der Waals surface area contributed by atoms with Crippen LogP contribution >= 0.6 is 0 Å². The highest BCUT2D eigenvalue weighted by Gasteiger charge is 2.06. The topological polar surface area (TPSA) is 0 Å². The summed E-state index contributed by atoms with van der Waals surface area (Å²) in [5.41, 5.74) is -0.0138. The summed E-state index contributed by atoms with van der Waals surface area (Å²) in [5.74, 6) is -0.0116. The molecule has 0 spiro atoms. The maximum Gasteiger partial charge on any atom is 0.0962 e. The molecule has 0 aromatic carbocycles. The summed E-state index contributed by atoms with van der Waals surface area (Å²) in [6.07, 6.45) is 2.17. The van der Waals surface area contributed by atoms with Crippen LogP contribution in [-0.4, -0.2) is 0 Å². The molecule has 0 rings (SSSR count). The lowest BCUT2D eigenvalue weighted by Gasteiger charge is -2.11. The van der Waals surface area contributed by atoms with E-state index in [0.29, 0.717) is 6.42 Å².